The van der Waals surface area contributed by atoms with Crippen LogP contribution in [0.4, 0.5) is 9.18 Å². The molecule has 132 valence electrons. The van der Waals surface area contributed by atoms with Crippen LogP contribution >= 0.6 is 0 Å². The number of carbonyl (C=O) groups excluding carboxylic acids is 1. The van der Waals surface area contributed by atoms with Crippen LogP contribution in [-0.4, -0.2) is 33.7 Å². The summed E-state index contributed by atoms with van der Waals surface area (Å²) in [6, 6.07) is 6.52. The Bertz CT molecular complexity index is 738. The quantitative estimate of drug-likeness (QED) is 0.877. The van der Waals surface area contributed by atoms with Gasteiger partial charge in [0.2, 0.25) is 0 Å². The highest BCUT2D eigenvalue weighted by Crippen LogP contribution is 2.30. The van der Waals surface area contributed by atoms with Crippen molar-refractivity contribution >= 4 is 6.03 Å². The first-order valence-electron chi connectivity index (χ1n) is 8.98. The van der Waals surface area contributed by atoms with Crippen LogP contribution < -0.4 is 5.32 Å². The molecule has 1 saturated carbocycles. The maximum absolute atomic E-state index is 13.1. The van der Waals surface area contributed by atoms with Crippen molar-refractivity contribution in [2.45, 2.75) is 44.7 Å². The molecule has 0 saturated heterocycles. The van der Waals surface area contributed by atoms with Gasteiger partial charge in [-0.05, 0) is 61.3 Å². The number of amides is 2. The van der Waals surface area contributed by atoms with Gasteiger partial charge in [-0.3, -0.25) is 5.10 Å². The molecule has 2 amide bonds. The average molecular weight is 342 g/mol. The van der Waals surface area contributed by atoms with Crippen LogP contribution in [0.2, 0.25) is 0 Å². The predicted octanol–water partition coefficient (Wildman–Crippen LogP) is 3.03. The highest BCUT2D eigenvalue weighted by molar-refractivity contribution is 5.74. The number of carbonyl (C=O) groups is 1. The second kappa shape index (κ2) is 6.86. The number of rotatable bonds is 5. The molecule has 1 aromatic carbocycles. The van der Waals surface area contributed by atoms with Gasteiger partial charge < -0.3 is 10.2 Å². The molecule has 2 aromatic rings. The summed E-state index contributed by atoms with van der Waals surface area (Å²) in [7, 11) is 0. The van der Waals surface area contributed by atoms with Crippen LogP contribution in [0.25, 0.3) is 0 Å². The van der Waals surface area contributed by atoms with E-state index in [1.54, 1.807) is 12.1 Å². The number of hydrogen-bond acceptors (Lipinski definition) is 2. The van der Waals surface area contributed by atoms with Crippen LogP contribution in [0, 0.1) is 11.7 Å². The molecule has 25 heavy (non-hydrogen) atoms. The van der Waals surface area contributed by atoms with Crippen LogP contribution in [0.3, 0.4) is 0 Å². The van der Waals surface area contributed by atoms with Crippen molar-refractivity contribution in [2.24, 2.45) is 5.92 Å². The van der Waals surface area contributed by atoms with E-state index in [2.05, 4.69) is 15.5 Å². The van der Waals surface area contributed by atoms with Gasteiger partial charge in [-0.2, -0.15) is 5.10 Å². The standard InChI is InChI=1S/C19H23FN4O/c20-16-5-3-14(4-6-16)12-24(11-13-1-2-13)19(25)22-17-7-8-18-15(9-17)10-21-23-18/h3-6,10,13,17H,1-2,7-9,11-12H2,(H,21,23)(H,22,25)/t17-/m0/s1. The van der Waals surface area contributed by atoms with Gasteiger partial charge in [0.05, 0.1) is 6.20 Å². The van der Waals surface area contributed by atoms with E-state index in [1.807, 2.05) is 11.1 Å². The van der Waals surface area contributed by atoms with Gasteiger partial charge in [0.25, 0.3) is 0 Å². The number of halogens is 1. The minimum absolute atomic E-state index is 0.0202. The number of hydrogen-bond donors (Lipinski definition) is 2. The van der Waals surface area contributed by atoms with Crippen molar-refractivity contribution in [1.29, 1.82) is 0 Å². The molecule has 0 unspecified atom stereocenters. The van der Waals surface area contributed by atoms with Crippen molar-refractivity contribution in [3.05, 3.63) is 53.1 Å². The Kier molecular flexibility index (Phi) is 4.42. The van der Waals surface area contributed by atoms with Crippen LogP contribution in [0.1, 0.15) is 36.1 Å². The van der Waals surface area contributed by atoms with Gasteiger partial charge in [0.1, 0.15) is 5.82 Å². The second-order valence-corrected chi connectivity index (χ2v) is 7.21. The fourth-order valence-electron chi connectivity index (χ4n) is 3.45. The third-order valence-electron chi connectivity index (χ3n) is 5.09. The number of H-pyrrole nitrogens is 1. The zero-order valence-corrected chi connectivity index (χ0v) is 14.2. The molecule has 0 aliphatic heterocycles. The number of nitrogens with one attached hydrogen (secondary N) is 2. The van der Waals surface area contributed by atoms with Crippen molar-refractivity contribution in [3.8, 4) is 0 Å². The summed E-state index contributed by atoms with van der Waals surface area (Å²) in [5.74, 6) is 0.359. The van der Waals surface area contributed by atoms with E-state index in [0.29, 0.717) is 12.5 Å². The number of aromatic amines is 1. The third kappa shape index (κ3) is 4.00. The Hall–Kier alpha value is -2.37. The summed E-state index contributed by atoms with van der Waals surface area (Å²) >= 11 is 0. The Balaban J connectivity index is 1.40. The van der Waals surface area contributed by atoms with Crippen LogP contribution in [0.5, 0.6) is 0 Å². The number of nitrogens with zero attached hydrogens (tertiary/aromatic N) is 2. The number of fused-ring (bicyclic) bond motifs is 1. The van der Waals surface area contributed by atoms with E-state index < -0.39 is 0 Å². The van der Waals surface area contributed by atoms with Crippen molar-refractivity contribution < 1.29 is 9.18 Å². The first-order chi connectivity index (χ1) is 12.2. The summed E-state index contributed by atoms with van der Waals surface area (Å²) < 4.78 is 13.1. The molecule has 1 heterocycles. The summed E-state index contributed by atoms with van der Waals surface area (Å²) in [6.07, 6.45) is 6.90. The Morgan fingerprint density at radius 2 is 2.08 bits per heavy atom. The van der Waals surface area contributed by atoms with E-state index >= 15 is 0 Å². The zero-order valence-electron chi connectivity index (χ0n) is 14.2. The molecule has 2 N–H and O–H groups in total. The number of aromatic nitrogens is 2. The van der Waals surface area contributed by atoms with E-state index in [9.17, 15) is 9.18 Å². The Morgan fingerprint density at radius 3 is 2.84 bits per heavy atom. The molecule has 1 aromatic heterocycles. The normalized spacial score (nSPS) is 19.3. The van der Waals surface area contributed by atoms with Crippen molar-refractivity contribution in [1.82, 2.24) is 20.4 Å². The van der Waals surface area contributed by atoms with Gasteiger partial charge >= 0.3 is 6.03 Å². The molecular weight excluding hydrogens is 319 g/mol. The van der Waals surface area contributed by atoms with E-state index in [0.717, 1.165) is 31.4 Å². The van der Waals surface area contributed by atoms with Gasteiger partial charge in [-0.25, -0.2) is 9.18 Å². The molecule has 2 aliphatic carbocycles. The molecule has 2 aliphatic rings. The maximum atomic E-state index is 13.1. The fourth-order valence-corrected chi connectivity index (χ4v) is 3.45. The largest absolute Gasteiger partial charge is 0.335 e. The lowest BCUT2D eigenvalue weighted by atomic mass is 9.94. The molecule has 1 atom stereocenters. The minimum atomic E-state index is -0.250. The van der Waals surface area contributed by atoms with Crippen molar-refractivity contribution in [3.63, 3.8) is 0 Å². The highest BCUT2D eigenvalue weighted by Gasteiger charge is 2.29. The molecular formula is C19H23FN4O. The number of urea groups is 1. The van der Waals surface area contributed by atoms with E-state index in [-0.39, 0.29) is 17.9 Å². The van der Waals surface area contributed by atoms with Gasteiger partial charge in [0, 0.05) is 24.8 Å². The summed E-state index contributed by atoms with van der Waals surface area (Å²) in [5, 5.41) is 10.3. The molecule has 6 heteroatoms. The van der Waals surface area contributed by atoms with Crippen LogP contribution in [-0.2, 0) is 19.4 Å². The van der Waals surface area contributed by atoms with Crippen LogP contribution in [0.15, 0.2) is 30.5 Å². The lowest BCUT2D eigenvalue weighted by Crippen LogP contribution is -2.47. The first kappa shape index (κ1) is 16.1. The fraction of sp³-hybridized carbons (Fsp3) is 0.474. The molecule has 0 bridgehead atoms. The maximum Gasteiger partial charge on any atom is 0.317 e. The van der Waals surface area contributed by atoms with Gasteiger partial charge in [-0.15, -0.1) is 0 Å². The molecule has 0 spiro atoms. The predicted molar refractivity (Wildman–Crippen MR) is 92.5 cm³/mol. The van der Waals surface area contributed by atoms with E-state index in [4.69, 9.17) is 0 Å². The third-order valence-corrected chi connectivity index (χ3v) is 5.09. The van der Waals surface area contributed by atoms with E-state index in [1.165, 1.54) is 36.2 Å². The SMILES string of the molecule is O=C(N[C@H]1CCc2[nH]ncc2C1)N(Cc1ccc(F)cc1)CC1CC1. The Labute approximate surface area is 146 Å². The first-order valence-corrected chi connectivity index (χ1v) is 8.98. The molecule has 0 radical (unpaired) electrons. The highest BCUT2D eigenvalue weighted by atomic mass is 19.1. The summed E-state index contributed by atoms with van der Waals surface area (Å²) in [6.45, 7) is 1.29. The molecule has 1 fully saturated rings. The lowest BCUT2D eigenvalue weighted by Gasteiger charge is -2.28. The monoisotopic (exact) mass is 342 g/mol. The number of aryl methyl sites for hydroxylation is 1. The van der Waals surface area contributed by atoms with Gasteiger partial charge in [0.15, 0.2) is 0 Å². The molecule has 4 rings (SSSR count). The lowest BCUT2D eigenvalue weighted by molar-refractivity contribution is 0.187. The average Bonchev–Trinajstić information content (AvgIpc) is 3.30. The van der Waals surface area contributed by atoms with Crippen molar-refractivity contribution in [2.75, 3.05) is 6.54 Å². The zero-order chi connectivity index (χ0) is 17.2. The Morgan fingerprint density at radius 1 is 1.28 bits per heavy atom. The van der Waals surface area contributed by atoms with Gasteiger partial charge in [-0.1, -0.05) is 12.1 Å². The summed E-state index contributed by atoms with van der Waals surface area (Å²) in [4.78, 5) is 14.7. The minimum Gasteiger partial charge on any atom is -0.335 e. The molecule has 5 nitrogen and oxygen atoms in total. The summed E-state index contributed by atoms with van der Waals surface area (Å²) in [5.41, 5.74) is 3.34. The second-order valence-electron chi connectivity index (χ2n) is 7.21. The topological polar surface area (TPSA) is 61.0 Å². The smallest absolute Gasteiger partial charge is 0.317 e. The number of benzene rings is 1.